The summed E-state index contributed by atoms with van der Waals surface area (Å²) in [5, 5.41) is 0.404. The molecule has 0 unspecified atom stereocenters. The highest BCUT2D eigenvalue weighted by molar-refractivity contribution is 7.88. The zero-order valence-corrected chi connectivity index (χ0v) is 16.1. The minimum Gasteiger partial charge on any atom is -0.454 e. The third kappa shape index (κ3) is 5.10. The highest BCUT2D eigenvalue weighted by Crippen LogP contribution is 2.21. The van der Waals surface area contributed by atoms with Gasteiger partial charge in [-0.1, -0.05) is 53.5 Å². The molecule has 11 heteroatoms. The number of amides is 1. The van der Waals surface area contributed by atoms with E-state index in [1.165, 1.54) is 17.0 Å². The van der Waals surface area contributed by atoms with Crippen LogP contribution in [0.1, 0.15) is 21.9 Å². The first kappa shape index (κ1) is 19.4. The minimum absolute atomic E-state index is 0.0604. The van der Waals surface area contributed by atoms with Crippen molar-refractivity contribution >= 4 is 39.1 Å². The van der Waals surface area contributed by atoms with E-state index in [9.17, 15) is 13.2 Å². The van der Waals surface area contributed by atoms with E-state index in [1.807, 2.05) is 4.83 Å². The summed E-state index contributed by atoms with van der Waals surface area (Å²) in [6.07, 6.45) is 1.44. The summed E-state index contributed by atoms with van der Waals surface area (Å²) in [5.41, 5.74) is 2.71. The maximum atomic E-state index is 12.1. The highest BCUT2D eigenvalue weighted by atomic mass is 35.5. The van der Waals surface area contributed by atoms with E-state index in [1.54, 1.807) is 36.4 Å². The molecule has 0 saturated heterocycles. The first-order valence-corrected chi connectivity index (χ1v) is 10.0. The number of carbonyl (C=O) groups excluding carboxylic acids is 1. The molecule has 0 atom stereocenters. The zero-order valence-electron chi connectivity index (χ0n) is 13.7. The number of halogens is 2. The van der Waals surface area contributed by atoms with E-state index >= 15 is 0 Å². The molecule has 3 aromatic rings. The summed E-state index contributed by atoms with van der Waals surface area (Å²) < 4.78 is 31.0. The van der Waals surface area contributed by atoms with Gasteiger partial charge in [-0.25, -0.2) is 13.4 Å². The van der Waals surface area contributed by atoms with E-state index in [0.29, 0.717) is 11.3 Å². The fourth-order valence-corrected chi connectivity index (χ4v) is 3.48. The van der Waals surface area contributed by atoms with Gasteiger partial charge in [0.15, 0.2) is 10.9 Å². The lowest BCUT2D eigenvalue weighted by molar-refractivity contribution is 0.0915. The maximum absolute atomic E-state index is 12.1. The Bertz CT molecular complexity index is 1050. The smallest absolute Gasteiger partial charge is 0.301 e. The number of hydrogen-bond donors (Lipinski definition) is 2. The number of benzene rings is 1. The Labute approximate surface area is 165 Å². The van der Waals surface area contributed by atoms with Crippen LogP contribution in [-0.2, 0) is 22.3 Å². The molecule has 0 saturated carbocycles. The van der Waals surface area contributed by atoms with E-state index in [2.05, 4.69) is 10.4 Å². The van der Waals surface area contributed by atoms with Gasteiger partial charge in [-0.3, -0.25) is 10.2 Å². The van der Waals surface area contributed by atoms with Gasteiger partial charge in [0.05, 0.1) is 18.6 Å². The van der Waals surface area contributed by atoms with Gasteiger partial charge in [0.25, 0.3) is 0 Å². The van der Waals surface area contributed by atoms with Crippen LogP contribution < -0.4 is 10.3 Å². The number of rotatable bonds is 7. The molecule has 0 spiro atoms. The van der Waals surface area contributed by atoms with Crippen molar-refractivity contribution < 1.29 is 17.6 Å². The second-order valence-corrected chi connectivity index (χ2v) is 7.96. The van der Waals surface area contributed by atoms with Gasteiger partial charge in [0.1, 0.15) is 10.9 Å². The second kappa shape index (κ2) is 8.13. The molecule has 1 aromatic carbocycles. The number of nitrogens with one attached hydrogen (secondary N) is 2. The molecule has 3 rings (SSSR count). The molecule has 27 heavy (non-hydrogen) atoms. The summed E-state index contributed by atoms with van der Waals surface area (Å²) >= 11 is 11.7. The number of sulfonamides is 1. The third-order valence-corrected chi connectivity index (χ3v) is 5.36. The Morgan fingerprint density at radius 1 is 1.15 bits per heavy atom. The molecule has 0 aliphatic heterocycles. The van der Waals surface area contributed by atoms with E-state index in [-0.39, 0.29) is 28.4 Å². The normalized spacial score (nSPS) is 11.5. The van der Waals surface area contributed by atoms with Gasteiger partial charge >= 0.3 is 5.91 Å². The number of hydrazine groups is 1. The van der Waals surface area contributed by atoms with Crippen LogP contribution in [0.4, 0.5) is 0 Å². The van der Waals surface area contributed by atoms with Gasteiger partial charge in [-0.2, -0.15) is 0 Å². The van der Waals surface area contributed by atoms with Crippen molar-refractivity contribution in [1.29, 1.82) is 0 Å². The number of nitrogens with zero attached hydrogens (tertiary/aromatic N) is 2. The Morgan fingerprint density at radius 3 is 2.56 bits per heavy atom. The predicted molar refractivity (Wildman–Crippen MR) is 99.7 cm³/mol. The molecule has 0 bridgehead atoms. The van der Waals surface area contributed by atoms with E-state index < -0.39 is 15.9 Å². The van der Waals surface area contributed by atoms with Crippen molar-refractivity contribution in [3.63, 3.8) is 0 Å². The summed E-state index contributed by atoms with van der Waals surface area (Å²) in [7, 11) is -3.75. The van der Waals surface area contributed by atoms with E-state index in [0.717, 1.165) is 0 Å². The van der Waals surface area contributed by atoms with Crippen LogP contribution in [0.25, 0.3) is 0 Å². The summed E-state index contributed by atoms with van der Waals surface area (Å²) in [5.74, 6) is -0.636. The van der Waals surface area contributed by atoms with Crippen LogP contribution >= 0.6 is 23.2 Å². The third-order valence-electron chi connectivity index (χ3n) is 3.46. The topological polar surface area (TPSA) is 106 Å². The number of imidazole rings is 1. The Hall–Kier alpha value is -2.33. The summed E-state index contributed by atoms with van der Waals surface area (Å²) in [6, 6.07) is 11.6. The Kier molecular flexibility index (Phi) is 5.85. The van der Waals surface area contributed by atoms with Gasteiger partial charge < -0.3 is 8.98 Å². The molecule has 2 N–H and O–H groups in total. The Balaban J connectivity index is 1.58. The molecule has 1 amide bonds. The lowest BCUT2D eigenvalue weighted by atomic mass is 10.2. The van der Waals surface area contributed by atoms with Crippen molar-refractivity contribution in [3.05, 3.63) is 76.2 Å². The van der Waals surface area contributed by atoms with Crippen LogP contribution in [0.5, 0.6) is 0 Å². The molecular weight excluding hydrogens is 415 g/mol. The predicted octanol–water partition coefficient (Wildman–Crippen LogP) is 2.60. The molecule has 2 aromatic heterocycles. The quantitative estimate of drug-likeness (QED) is 0.562. The lowest BCUT2D eigenvalue weighted by Gasteiger charge is -2.07. The number of furan rings is 1. The van der Waals surface area contributed by atoms with Crippen molar-refractivity contribution in [2.24, 2.45) is 0 Å². The van der Waals surface area contributed by atoms with Crippen LogP contribution in [0.3, 0.4) is 0 Å². The second-order valence-electron chi connectivity index (χ2n) is 5.52. The fourth-order valence-electron chi connectivity index (χ4n) is 2.22. The first-order chi connectivity index (χ1) is 12.8. The average molecular weight is 429 g/mol. The van der Waals surface area contributed by atoms with Gasteiger partial charge in [0.2, 0.25) is 10.0 Å². The van der Waals surface area contributed by atoms with Crippen LogP contribution in [0, 0.1) is 0 Å². The summed E-state index contributed by atoms with van der Waals surface area (Å²) in [6.45, 7) is 0.214. The monoisotopic (exact) mass is 428 g/mol. The van der Waals surface area contributed by atoms with Crippen LogP contribution in [0.2, 0.25) is 10.3 Å². The zero-order chi connectivity index (χ0) is 19.4. The minimum atomic E-state index is -3.75. The molecule has 0 aliphatic rings. The molecule has 0 fully saturated rings. The van der Waals surface area contributed by atoms with Gasteiger partial charge in [0, 0.05) is 0 Å². The molecule has 2 heterocycles. The molecule has 8 nitrogen and oxygen atoms in total. The lowest BCUT2D eigenvalue weighted by Crippen LogP contribution is -2.42. The fraction of sp³-hybridized carbons (Fsp3) is 0.125. The van der Waals surface area contributed by atoms with E-state index in [4.69, 9.17) is 27.6 Å². The number of carbonyl (C=O) groups is 1. The number of hydrogen-bond acceptors (Lipinski definition) is 5. The standard InChI is InChI=1S/C16H14Cl2N4O4S/c17-14-15(18)22(10-19-14)8-12-6-7-13(26-12)16(23)20-21-27(24,25)9-11-4-2-1-3-5-11/h1-7,10,21H,8-9H2,(H,20,23). The molecule has 0 radical (unpaired) electrons. The molecular formula is C16H14Cl2N4O4S. The van der Waals surface area contributed by atoms with Crippen LogP contribution in [-0.4, -0.2) is 23.9 Å². The van der Waals surface area contributed by atoms with Crippen LogP contribution in [0.15, 0.2) is 53.2 Å². The van der Waals surface area contributed by atoms with Crippen molar-refractivity contribution in [3.8, 4) is 0 Å². The van der Waals surface area contributed by atoms with Crippen molar-refractivity contribution in [2.45, 2.75) is 12.3 Å². The highest BCUT2D eigenvalue weighted by Gasteiger charge is 2.17. The molecule has 142 valence electrons. The first-order valence-electron chi connectivity index (χ1n) is 7.62. The van der Waals surface area contributed by atoms with Crippen molar-refractivity contribution in [2.75, 3.05) is 0 Å². The Morgan fingerprint density at radius 2 is 1.89 bits per heavy atom. The maximum Gasteiger partial charge on any atom is 0.301 e. The number of aromatic nitrogens is 2. The summed E-state index contributed by atoms with van der Waals surface area (Å²) in [4.78, 5) is 18.0. The molecule has 0 aliphatic carbocycles. The van der Waals surface area contributed by atoms with Gasteiger partial charge in [-0.15, -0.1) is 4.83 Å². The van der Waals surface area contributed by atoms with Gasteiger partial charge in [-0.05, 0) is 17.7 Å². The average Bonchev–Trinajstić information content (AvgIpc) is 3.23. The van der Waals surface area contributed by atoms with Crippen molar-refractivity contribution in [1.82, 2.24) is 19.8 Å². The SMILES string of the molecule is O=C(NNS(=O)(=O)Cc1ccccc1)c1ccc(Cn2cnc(Cl)c2Cl)o1. The largest absolute Gasteiger partial charge is 0.454 e.